The lowest BCUT2D eigenvalue weighted by Gasteiger charge is -2.29. The molecule has 3 aromatic carbocycles. The van der Waals surface area contributed by atoms with Gasteiger partial charge in [0.15, 0.2) is 0 Å². The van der Waals surface area contributed by atoms with Gasteiger partial charge in [-0.2, -0.15) is 10.1 Å². The molecule has 0 fully saturated rings. The Morgan fingerprint density at radius 3 is 2.55 bits per heavy atom. The molecule has 0 aliphatic carbocycles. The predicted molar refractivity (Wildman–Crippen MR) is 145 cm³/mol. The van der Waals surface area contributed by atoms with Crippen LogP contribution in [0.4, 0.5) is 11.6 Å². The van der Waals surface area contributed by atoms with Crippen molar-refractivity contribution in [2.45, 2.75) is 19.6 Å². The summed E-state index contributed by atoms with van der Waals surface area (Å²) in [7, 11) is 3.11. The van der Waals surface area contributed by atoms with Crippen molar-refractivity contribution in [3.8, 4) is 17.2 Å². The van der Waals surface area contributed by atoms with E-state index in [9.17, 15) is 4.79 Å². The molecule has 194 valence electrons. The Morgan fingerprint density at radius 2 is 1.82 bits per heavy atom. The van der Waals surface area contributed by atoms with Gasteiger partial charge in [-0.1, -0.05) is 41.9 Å². The zero-order valence-electron chi connectivity index (χ0n) is 21.1. The summed E-state index contributed by atoms with van der Waals surface area (Å²) in [5, 5.41) is 11.2. The summed E-state index contributed by atoms with van der Waals surface area (Å²) in [6, 6.07) is 19.8. The Labute approximate surface area is 225 Å². The second kappa shape index (κ2) is 10.9. The predicted octanol–water partition coefficient (Wildman–Crippen LogP) is 5.46. The first kappa shape index (κ1) is 25.2. The molecule has 1 atom stereocenters. The van der Waals surface area contributed by atoms with Crippen molar-refractivity contribution in [1.29, 1.82) is 0 Å². The number of aromatic nitrogens is 3. The lowest BCUT2D eigenvalue weighted by molar-refractivity contribution is -0.113. The summed E-state index contributed by atoms with van der Waals surface area (Å²) in [5.41, 5.74) is 3.37. The molecule has 0 spiro atoms. The molecule has 0 radical (unpaired) electrons. The highest BCUT2D eigenvalue weighted by atomic mass is 35.5. The molecule has 5 rings (SSSR count). The lowest BCUT2D eigenvalue weighted by atomic mass is 9.95. The molecule has 4 aromatic rings. The van der Waals surface area contributed by atoms with Gasteiger partial charge in [-0.15, -0.1) is 0 Å². The molecule has 1 aromatic heterocycles. The van der Waals surface area contributed by atoms with Crippen molar-refractivity contribution < 1.29 is 19.0 Å². The van der Waals surface area contributed by atoms with Crippen molar-refractivity contribution in [2.75, 3.05) is 24.9 Å². The first-order valence-corrected chi connectivity index (χ1v) is 12.2. The maximum atomic E-state index is 13.7. The van der Waals surface area contributed by atoms with Gasteiger partial charge in [-0.25, -0.2) is 4.68 Å². The van der Waals surface area contributed by atoms with Crippen molar-refractivity contribution in [3.63, 3.8) is 0 Å². The van der Waals surface area contributed by atoms with Gasteiger partial charge in [-0.05, 0) is 42.8 Å². The van der Waals surface area contributed by atoms with Gasteiger partial charge in [0.2, 0.25) is 5.95 Å². The second-order valence-electron chi connectivity index (χ2n) is 8.56. The minimum atomic E-state index is -0.525. The van der Waals surface area contributed by atoms with Crippen LogP contribution >= 0.6 is 11.6 Å². The number of ether oxygens (including phenoxy) is 3. The number of amides is 1. The van der Waals surface area contributed by atoms with E-state index in [-0.39, 0.29) is 5.91 Å². The number of nitrogens with one attached hydrogen (secondary N) is 2. The first-order chi connectivity index (χ1) is 18.5. The van der Waals surface area contributed by atoms with Crippen LogP contribution in [0.3, 0.4) is 0 Å². The summed E-state index contributed by atoms with van der Waals surface area (Å²) < 4.78 is 18.4. The number of carbonyl (C=O) groups excluding carboxylic acids is 1. The molecule has 0 bridgehead atoms. The monoisotopic (exact) mass is 531 g/mol. The molecular formula is C28H26ClN5O4. The fraction of sp³-hybridized carbons (Fsp3) is 0.179. The molecule has 38 heavy (non-hydrogen) atoms. The van der Waals surface area contributed by atoms with Gasteiger partial charge in [-0.3, -0.25) is 4.79 Å². The molecule has 0 saturated heterocycles. The second-order valence-corrected chi connectivity index (χ2v) is 8.97. The highest BCUT2D eigenvalue weighted by Gasteiger charge is 2.33. The van der Waals surface area contributed by atoms with Gasteiger partial charge in [0.1, 0.15) is 36.2 Å². The third kappa shape index (κ3) is 5.01. The zero-order chi connectivity index (χ0) is 26.6. The summed E-state index contributed by atoms with van der Waals surface area (Å²) in [6.45, 7) is 2.18. The fourth-order valence-corrected chi connectivity index (χ4v) is 4.51. The molecule has 10 heteroatoms. The van der Waals surface area contributed by atoms with Crippen molar-refractivity contribution in [3.05, 3.63) is 100 Å². The van der Waals surface area contributed by atoms with Crippen LogP contribution in [0.2, 0.25) is 5.02 Å². The Balaban J connectivity index is 1.43. The molecule has 2 heterocycles. The summed E-state index contributed by atoms with van der Waals surface area (Å²) in [4.78, 5) is 18.0. The van der Waals surface area contributed by atoms with Crippen LogP contribution in [0.5, 0.6) is 17.2 Å². The average molecular weight is 532 g/mol. The summed E-state index contributed by atoms with van der Waals surface area (Å²) >= 11 is 6.25. The number of benzene rings is 3. The van der Waals surface area contributed by atoms with Gasteiger partial charge in [0, 0.05) is 22.3 Å². The van der Waals surface area contributed by atoms with E-state index < -0.39 is 6.04 Å². The number of allylic oxidation sites excluding steroid dienone is 1. The summed E-state index contributed by atoms with van der Waals surface area (Å²) in [5.74, 6) is 2.01. The fourth-order valence-electron chi connectivity index (χ4n) is 4.32. The normalized spacial score (nSPS) is 14.4. The highest BCUT2D eigenvalue weighted by molar-refractivity contribution is 6.31. The van der Waals surface area contributed by atoms with Crippen LogP contribution in [-0.2, 0) is 11.4 Å². The van der Waals surface area contributed by atoms with Gasteiger partial charge >= 0.3 is 0 Å². The lowest BCUT2D eigenvalue weighted by Crippen LogP contribution is -2.31. The van der Waals surface area contributed by atoms with Gasteiger partial charge in [0.05, 0.1) is 25.5 Å². The Bertz CT molecular complexity index is 1500. The number of rotatable bonds is 8. The van der Waals surface area contributed by atoms with Crippen LogP contribution in [0.1, 0.15) is 24.1 Å². The van der Waals surface area contributed by atoms with E-state index in [4.69, 9.17) is 25.8 Å². The van der Waals surface area contributed by atoms with Crippen LogP contribution in [0.15, 0.2) is 84.3 Å². The van der Waals surface area contributed by atoms with E-state index in [1.54, 1.807) is 37.1 Å². The van der Waals surface area contributed by atoms with E-state index in [0.717, 1.165) is 11.1 Å². The maximum Gasteiger partial charge on any atom is 0.255 e. The average Bonchev–Trinajstić information content (AvgIpc) is 3.40. The number of nitrogens with zero attached hydrogens (tertiary/aromatic N) is 3. The number of methoxy groups -OCH3 is 2. The zero-order valence-corrected chi connectivity index (χ0v) is 21.8. The van der Waals surface area contributed by atoms with Gasteiger partial charge < -0.3 is 24.8 Å². The van der Waals surface area contributed by atoms with E-state index >= 15 is 0 Å². The number of anilines is 2. The Kier molecular flexibility index (Phi) is 7.19. The summed E-state index contributed by atoms with van der Waals surface area (Å²) in [6.07, 6.45) is 1.45. The molecule has 1 aliphatic rings. The standard InChI is InChI=1S/C28H26ClN5O4/c1-17-25(27(35)33-23-14-21(36-2)12-13-24(23)37-3)26(34-28(32-17)30-16-31-34)18-8-10-20(11-9-18)38-15-19-6-4-5-7-22(19)29/h4-14,16,26H,15H2,1-3H3,(H,33,35)(H,30,31,32)/t26-/m0/s1. The largest absolute Gasteiger partial charge is 0.497 e. The van der Waals surface area contributed by atoms with E-state index in [0.29, 0.717) is 51.8 Å². The molecule has 2 N–H and O–H groups in total. The van der Waals surface area contributed by atoms with Crippen LogP contribution in [0, 0.1) is 0 Å². The minimum absolute atomic E-state index is 0.313. The van der Waals surface area contributed by atoms with E-state index in [1.165, 1.54) is 6.33 Å². The Hall–Kier alpha value is -4.50. The molecule has 1 amide bonds. The smallest absolute Gasteiger partial charge is 0.255 e. The molecular weight excluding hydrogens is 506 g/mol. The highest BCUT2D eigenvalue weighted by Crippen LogP contribution is 2.37. The van der Waals surface area contributed by atoms with E-state index in [1.807, 2.05) is 55.5 Å². The van der Waals surface area contributed by atoms with Crippen LogP contribution in [-0.4, -0.2) is 34.9 Å². The third-order valence-corrected chi connectivity index (χ3v) is 6.61. The maximum absolute atomic E-state index is 13.7. The van der Waals surface area contributed by atoms with Crippen LogP contribution in [0.25, 0.3) is 0 Å². The number of fused-ring (bicyclic) bond motifs is 1. The van der Waals surface area contributed by atoms with E-state index in [2.05, 4.69) is 20.7 Å². The topological polar surface area (TPSA) is 99.5 Å². The van der Waals surface area contributed by atoms with Gasteiger partial charge in [0.25, 0.3) is 5.91 Å². The SMILES string of the molecule is COc1ccc(OC)c(NC(=O)C2=C(C)Nc3ncnn3[C@H]2c2ccc(OCc3ccccc3Cl)cc2)c1. The number of hydrogen-bond acceptors (Lipinski definition) is 7. The number of hydrogen-bond donors (Lipinski definition) is 2. The van der Waals surface area contributed by atoms with Crippen molar-refractivity contribution in [1.82, 2.24) is 14.8 Å². The quantitative estimate of drug-likeness (QED) is 0.311. The van der Waals surface area contributed by atoms with Crippen molar-refractivity contribution >= 4 is 29.1 Å². The first-order valence-electron chi connectivity index (χ1n) is 11.9. The number of halogens is 1. The minimum Gasteiger partial charge on any atom is -0.497 e. The molecule has 0 saturated carbocycles. The number of carbonyl (C=O) groups is 1. The molecule has 0 unspecified atom stereocenters. The molecule has 1 aliphatic heterocycles. The van der Waals surface area contributed by atoms with Crippen LogP contribution < -0.4 is 24.8 Å². The van der Waals surface area contributed by atoms with Crippen molar-refractivity contribution in [2.24, 2.45) is 0 Å². The molecule has 9 nitrogen and oxygen atoms in total. The Morgan fingerprint density at radius 1 is 1.05 bits per heavy atom. The third-order valence-electron chi connectivity index (χ3n) is 6.24.